The molecule has 0 spiro atoms. The Morgan fingerprint density at radius 3 is 2.25 bits per heavy atom. The van der Waals surface area contributed by atoms with E-state index in [1.165, 1.54) is 0 Å². The molecule has 0 unspecified atom stereocenters. The maximum absolute atomic E-state index is 11.6. The van der Waals surface area contributed by atoms with Crippen molar-refractivity contribution in [2.45, 2.75) is 17.2 Å². The molecule has 0 saturated heterocycles. The second-order valence-electron chi connectivity index (χ2n) is 3.30. The van der Waals surface area contributed by atoms with Gasteiger partial charge in [-0.05, 0) is 17.7 Å². The van der Waals surface area contributed by atoms with Crippen LogP contribution in [0.25, 0.3) is 0 Å². The first-order chi connectivity index (χ1) is 7.38. The van der Waals surface area contributed by atoms with Gasteiger partial charge in [0.25, 0.3) is 0 Å². The van der Waals surface area contributed by atoms with Gasteiger partial charge in [0.2, 0.25) is 0 Å². The summed E-state index contributed by atoms with van der Waals surface area (Å²) in [5.74, 6) is -0.00347. The fourth-order valence-electron chi connectivity index (χ4n) is 1.17. The summed E-state index contributed by atoms with van der Waals surface area (Å²) in [5.41, 5.74) is 0.571. The summed E-state index contributed by atoms with van der Waals surface area (Å²) in [6.07, 6.45) is -1.06. The van der Waals surface area contributed by atoms with Gasteiger partial charge in [-0.3, -0.25) is 0 Å². The Hall–Kier alpha value is 0.0900. The number of rotatable bonds is 4. The number of aliphatic hydroxyl groups is 1. The van der Waals surface area contributed by atoms with Gasteiger partial charge in [-0.2, -0.15) is 0 Å². The van der Waals surface area contributed by atoms with Crippen LogP contribution in [0.15, 0.2) is 28.7 Å². The van der Waals surface area contributed by atoms with E-state index in [2.05, 4.69) is 31.9 Å². The van der Waals surface area contributed by atoms with Crippen molar-refractivity contribution in [3.05, 3.63) is 34.3 Å². The van der Waals surface area contributed by atoms with Gasteiger partial charge >= 0.3 is 0 Å². The highest BCUT2D eigenvalue weighted by molar-refractivity contribution is 9.11. The maximum Gasteiger partial charge on any atom is 0.165 e. The number of hydrogen-bond donors (Lipinski definition) is 1. The van der Waals surface area contributed by atoms with E-state index in [4.69, 9.17) is 0 Å². The van der Waals surface area contributed by atoms with Gasteiger partial charge in [0.1, 0.15) is 10.3 Å². The fraction of sp³-hybridized carbons (Fsp3) is 0.400. The van der Waals surface area contributed by atoms with E-state index >= 15 is 0 Å². The van der Waals surface area contributed by atoms with Crippen LogP contribution in [0.4, 0.5) is 0 Å². The van der Waals surface area contributed by atoms with Crippen LogP contribution >= 0.6 is 31.9 Å². The number of benzene rings is 1. The third-order valence-corrected chi connectivity index (χ3v) is 6.69. The molecule has 0 heterocycles. The van der Waals surface area contributed by atoms with Crippen molar-refractivity contribution in [1.29, 1.82) is 0 Å². The van der Waals surface area contributed by atoms with Crippen LogP contribution < -0.4 is 0 Å². The molecule has 16 heavy (non-hydrogen) atoms. The van der Waals surface area contributed by atoms with Crippen molar-refractivity contribution in [3.63, 3.8) is 0 Å². The highest BCUT2D eigenvalue weighted by Gasteiger charge is 2.29. The minimum Gasteiger partial charge on any atom is -0.386 e. The number of sulfone groups is 1. The molecule has 0 radical (unpaired) electrons. The molecular formula is C10H12Br2O3S. The molecule has 0 amide bonds. The van der Waals surface area contributed by atoms with Crippen LogP contribution in [0, 0.1) is 0 Å². The minimum absolute atomic E-state index is 0.00347. The normalized spacial score (nSPS) is 15.8. The monoisotopic (exact) mass is 370 g/mol. The third-order valence-electron chi connectivity index (χ3n) is 2.21. The molecule has 1 rings (SSSR count). The number of aliphatic hydroxyl groups excluding tert-OH is 1. The molecule has 0 aliphatic carbocycles. The lowest BCUT2D eigenvalue weighted by Gasteiger charge is -2.17. The van der Waals surface area contributed by atoms with Gasteiger partial charge in [0, 0.05) is 10.2 Å². The molecule has 0 aliphatic heterocycles. The lowest BCUT2D eigenvalue weighted by molar-refractivity contribution is 0.195. The highest BCUT2D eigenvalue weighted by atomic mass is 79.9. The van der Waals surface area contributed by atoms with E-state index in [0.29, 0.717) is 5.56 Å². The first-order valence-electron chi connectivity index (χ1n) is 4.67. The lowest BCUT2D eigenvalue weighted by atomic mass is 10.1. The van der Waals surface area contributed by atoms with Gasteiger partial charge in [0.05, 0.1) is 0 Å². The van der Waals surface area contributed by atoms with E-state index in [-0.39, 0.29) is 5.75 Å². The summed E-state index contributed by atoms with van der Waals surface area (Å²) >= 11 is 6.30. The summed E-state index contributed by atoms with van der Waals surface area (Å²) in [7, 11) is -3.30. The average molecular weight is 372 g/mol. The van der Waals surface area contributed by atoms with Crippen LogP contribution in [0.5, 0.6) is 0 Å². The average Bonchev–Trinajstić information content (AvgIpc) is 2.28. The van der Waals surface area contributed by atoms with Crippen LogP contribution in [0.1, 0.15) is 18.6 Å². The van der Waals surface area contributed by atoms with E-state index in [1.54, 1.807) is 31.2 Å². The summed E-state index contributed by atoms with van der Waals surface area (Å²) in [4.78, 5) is 0. The number of alkyl halides is 1. The zero-order valence-corrected chi connectivity index (χ0v) is 12.6. The second kappa shape index (κ2) is 5.62. The molecule has 0 aliphatic rings. The summed E-state index contributed by atoms with van der Waals surface area (Å²) in [5, 5.41) is 9.91. The largest absolute Gasteiger partial charge is 0.386 e. The summed E-state index contributed by atoms with van der Waals surface area (Å²) in [6.45, 7) is 1.55. The zero-order chi connectivity index (χ0) is 12.3. The summed E-state index contributed by atoms with van der Waals surface area (Å²) in [6, 6.07) is 6.90. The van der Waals surface area contributed by atoms with E-state index < -0.39 is 20.1 Å². The molecule has 6 heteroatoms. The topological polar surface area (TPSA) is 54.4 Å². The predicted molar refractivity (Wildman–Crippen MR) is 71.3 cm³/mol. The standard InChI is InChI=1S/C10H12Br2O3S/c1-2-16(14,15)10(12)9(13)7-3-5-8(11)6-4-7/h3-6,9-10,13H,2H2,1H3/t9-,10+/m1/s1. The molecule has 2 atom stereocenters. The third kappa shape index (κ3) is 3.29. The van der Waals surface area contributed by atoms with E-state index in [9.17, 15) is 13.5 Å². The highest BCUT2D eigenvalue weighted by Crippen LogP contribution is 2.28. The molecule has 1 N–H and O–H groups in total. The predicted octanol–water partition coefficient (Wildman–Crippen LogP) is 2.64. The Morgan fingerprint density at radius 1 is 1.31 bits per heavy atom. The Balaban J connectivity index is 2.94. The molecule has 1 aromatic carbocycles. The molecular weight excluding hydrogens is 360 g/mol. The molecule has 0 fully saturated rings. The van der Waals surface area contributed by atoms with E-state index in [1.807, 2.05) is 0 Å². The van der Waals surface area contributed by atoms with Crippen molar-refractivity contribution in [3.8, 4) is 0 Å². The van der Waals surface area contributed by atoms with Crippen molar-refractivity contribution in [2.75, 3.05) is 5.75 Å². The van der Waals surface area contributed by atoms with Gasteiger partial charge in [0.15, 0.2) is 9.84 Å². The lowest BCUT2D eigenvalue weighted by Crippen LogP contribution is -2.24. The van der Waals surface area contributed by atoms with Crippen LogP contribution in [0.2, 0.25) is 0 Å². The Bertz CT molecular complexity index is 442. The van der Waals surface area contributed by atoms with Crippen molar-refractivity contribution in [2.24, 2.45) is 0 Å². The Kier molecular flexibility index (Phi) is 4.97. The zero-order valence-electron chi connectivity index (χ0n) is 8.60. The quantitative estimate of drug-likeness (QED) is 0.827. The van der Waals surface area contributed by atoms with Crippen LogP contribution in [-0.4, -0.2) is 23.4 Å². The first kappa shape index (κ1) is 14.2. The molecule has 3 nitrogen and oxygen atoms in total. The van der Waals surface area contributed by atoms with Gasteiger partial charge < -0.3 is 5.11 Å². The number of hydrogen-bond acceptors (Lipinski definition) is 3. The SMILES string of the molecule is CCS(=O)(=O)[C@H](Br)[C@H](O)c1ccc(Br)cc1. The second-order valence-corrected chi connectivity index (χ2v) is 8.22. The maximum atomic E-state index is 11.6. The Morgan fingerprint density at radius 2 is 1.81 bits per heavy atom. The molecule has 0 aromatic heterocycles. The van der Waals surface area contributed by atoms with E-state index in [0.717, 1.165) is 4.47 Å². The van der Waals surface area contributed by atoms with Crippen molar-refractivity contribution < 1.29 is 13.5 Å². The minimum atomic E-state index is -3.30. The number of halogens is 2. The fourth-order valence-corrected chi connectivity index (χ4v) is 3.40. The smallest absolute Gasteiger partial charge is 0.165 e. The summed E-state index contributed by atoms with van der Waals surface area (Å²) < 4.78 is 23.0. The van der Waals surface area contributed by atoms with Crippen molar-refractivity contribution >= 4 is 41.7 Å². The van der Waals surface area contributed by atoms with Crippen LogP contribution in [0.3, 0.4) is 0 Å². The van der Waals surface area contributed by atoms with Crippen LogP contribution in [-0.2, 0) is 9.84 Å². The molecule has 0 saturated carbocycles. The molecule has 0 bridgehead atoms. The molecule has 90 valence electrons. The van der Waals surface area contributed by atoms with Gasteiger partial charge in [-0.1, -0.05) is 50.9 Å². The van der Waals surface area contributed by atoms with Gasteiger partial charge in [-0.15, -0.1) is 0 Å². The van der Waals surface area contributed by atoms with Gasteiger partial charge in [-0.25, -0.2) is 8.42 Å². The first-order valence-corrected chi connectivity index (χ1v) is 8.10. The Labute approximate surface area is 112 Å². The molecule has 1 aromatic rings. The van der Waals surface area contributed by atoms with Crippen molar-refractivity contribution in [1.82, 2.24) is 0 Å².